The standard InChI is InChI=1S/C21H27N3O3S2/c1-16-19(15-29-21-23-17-5-3-4-6-18(17)24-21)22-8-7-20(16)28-14-13-27-12-11-26-10-9-25-2/h3-8H,9-15H2,1-2H3,(H,23,24). The summed E-state index contributed by atoms with van der Waals surface area (Å²) in [5.74, 6) is 1.69. The maximum absolute atomic E-state index is 5.62. The summed E-state index contributed by atoms with van der Waals surface area (Å²) in [5.41, 5.74) is 4.37. The minimum absolute atomic E-state index is 0.603. The lowest BCUT2D eigenvalue weighted by Gasteiger charge is -2.10. The van der Waals surface area contributed by atoms with Crippen LogP contribution < -0.4 is 0 Å². The summed E-state index contributed by atoms with van der Waals surface area (Å²) in [6.07, 6.45) is 1.88. The van der Waals surface area contributed by atoms with Crippen LogP contribution in [-0.2, 0) is 20.0 Å². The molecule has 0 fully saturated rings. The molecule has 1 N–H and O–H groups in total. The van der Waals surface area contributed by atoms with Gasteiger partial charge in [0.05, 0.1) is 49.8 Å². The van der Waals surface area contributed by atoms with Crippen molar-refractivity contribution in [2.75, 3.05) is 45.9 Å². The van der Waals surface area contributed by atoms with Crippen molar-refractivity contribution in [2.45, 2.75) is 22.7 Å². The SMILES string of the molecule is COCCOCCOCCSc1ccnc(CSc2nc3ccccc3[nH]2)c1C. The van der Waals surface area contributed by atoms with Crippen molar-refractivity contribution in [3.8, 4) is 0 Å². The van der Waals surface area contributed by atoms with Gasteiger partial charge in [-0.15, -0.1) is 11.8 Å². The van der Waals surface area contributed by atoms with Crippen molar-refractivity contribution in [2.24, 2.45) is 0 Å². The molecule has 29 heavy (non-hydrogen) atoms. The third kappa shape index (κ3) is 7.01. The van der Waals surface area contributed by atoms with E-state index >= 15 is 0 Å². The zero-order valence-electron chi connectivity index (χ0n) is 16.8. The number of pyridine rings is 1. The van der Waals surface area contributed by atoms with Crippen LogP contribution in [0.1, 0.15) is 11.3 Å². The molecule has 0 saturated carbocycles. The number of para-hydroxylation sites is 2. The van der Waals surface area contributed by atoms with Crippen molar-refractivity contribution in [1.82, 2.24) is 15.0 Å². The van der Waals surface area contributed by atoms with E-state index in [-0.39, 0.29) is 0 Å². The molecule has 0 aliphatic heterocycles. The molecule has 6 nitrogen and oxygen atoms in total. The van der Waals surface area contributed by atoms with Crippen molar-refractivity contribution < 1.29 is 14.2 Å². The molecule has 1 aromatic carbocycles. The number of rotatable bonds is 13. The van der Waals surface area contributed by atoms with Crippen LogP contribution in [0.25, 0.3) is 11.0 Å². The maximum Gasteiger partial charge on any atom is 0.166 e. The number of hydrogen-bond acceptors (Lipinski definition) is 7. The van der Waals surface area contributed by atoms with Gasteiger partial charge in [0.2, 0.25) is 0 Å². The molecule has 2 heterocycles. The number of hydrogen-bond donors (Lipinski definition) is 1. The Morgan fingerprint density at radius 2 is 1.76 bits per heavy atom. The Balaban J connectivity index is 1.42. The molecule has 2 aromatic heterocycles. The normalized spacial score (nSPS) is 11.4. The lowest BCUT2D eigenvalue weighted by molar-refractivity contribution is 0.0286. The number of aromatic amines is 1. The fourth-order valence-corrected chi connectivity index (χ4v) is 4.49. The molecular formula is C21H27N3O3S2. The summed E-state index contributed by atoms with van der Waals surface area (Å²) in [6, 6.07) is 10.1. The average Bonchev–Trinajstić information content (AvgIpc) is 3.16. The highest BCUT2D eigenvalue weighted by Gasteiger charge is 2.09. The number of methoxy groups -OCH3 is 1. The van der Waals surface area contributed by atoms with E-state index in [0.717, 1.165) is 33.4 Å². The first-order valence-corrected chi connectivity index (χ1v) is 11.5. The van der Waals surface area contributed by atoms with Crippen molar-refractivity contribution in [3.05, 3.63) is 47.8 Å². The second-order valence-corrected chi connectivity index (χ2v) is 8.40. The van der Waals surface area contributed by atoms with Gasteiger partial charge in [-0.1, -0.05) is 23.9 Å². The molecule has 3 rings (SSSR count). The molecule has 156 valence electrons. The number of fused-ring (bicyclic) bond motifs is 1. The summed E-state index contributed by atoms with van der Waals surface area (Å²) in [7, 11) is 1.67. The van der Waals surface area contributed by atoms with Gasteiger partial charge in [-0.05, 0) is 30.7 Å². The molecule has 0 spiro atoms. The number of benzene rings is 1. The van der Waals surface area contributed by atoms with Gasteiger partial charge in [0.1, 0.15) is 0 Å². The van der Waals surface area contributed by atoms with Gasteiger partial charge in [-0.3, -0.25) is 4.98 Å². The summed E-state index contributed by atoms with van der Waals surface area (Å²) in [5, 5.41) is 0.923. The predicted molar refractivity (Wildman–Crippen MR) is 119 cm³/mol. The second kappa shape index (κ2) is 12.2. The highest BCUT2D eigenvalue weighted by molar-refractivity contribution is 7.99. The van der Waals surface area contributed by atoms with E-state index in [1.807, 2.05) is 30.5 Å². The molecule has 0 bridgehead atoms. The molecule has 3 aromatic rings. The van der Waals surface area contributed by atoms with E-state index in [0.29, 0.717) is 33.0 Å². The molecule has 0 unspecified atom stereocenters. The highest BCUT2D eigenvalue weighted by Crippen LogP contribution is 2.28. The zero-order chi connectivity index (χ0) is 20.3. The molecule has 0 amide bonds. The molecule has 0 saturated heterocycles. The largest absolute Gasteiger partial charge is 0.382 e. The number of nitrogens with one attached hydrogen (secondary N) is 1. The first-order valence-electron chi connectivity index (χ1n) is 9.57. The molecular weight excluding hydrogens is 406 g/mol. The lowest BCUT2D eigenvalue weighted by Crippen LogP contribution is -2.09. The quantitative estimate of drug-likeness (QED) is 0.318. The number of nitrogens with zero attached hydrogens (tertiary/aromatic N) is 2. The van der Waals surface area contributed by atoms with E-state index in [9.17, 15) is 0 Å². The Hall–Kier alpha value is -1.58. The van der Waals surface area contributed by atoms with Gasteiger partial charge in [-0.25, -0.2) is 4.98 Å². The zero-order valence-corrected chi connectivity index (χ0v) is 18.5. The third-order valence-corrected chi connectivity index (χ3v) is 6.27. The first-order chi connectivity index (χ1) is 14.3. The van der Waals surface area contributed by atoms with Gasteiger partial charge < -0.3 is 19.2 Å². The van der Waals surface area contributed by atoms with Crippen LogP contribution in [0.15, 0.2) is 46.6 Å². The first kappa shape index (κ1) is 22.1. The average molecular weight is 434 g/mol. The second-order valence-electron chi connectivity index (χ2n) is 6.29. The van der Waals surface area contributed by atoms with Crippen LogP contribution >= 0.6 is 23.5 Å². The van der Waals surface area contributed by atoms with Crippen molar-refractivity contribution in [1.29, 1.82) is 0 Å². The van der Waals surface area contributed by atoms with E-state index in [1.165, 1.54) is 10.5 Å². The van der Waals surface area contributed by atoms with Gasteiger partial charge in [0.15, 0.2) is 5.16 Å². The Morgan fingerprint density at radius 1 is 0.966 bits per heavy atom. The molecule has 0 aliphatic rings. The molecule has 0 radical (unpaired) electrons. The van der Waals surface area contributed by atoms with Crippen LogP contribution in [-0.4, -0.2) is 60.8 Å². The Morgan fingerprint density at radius 3 is 2.59 bits per heavy atom. The Bertz CT molecular complexity index is 855. The summed E-state index contributed by atoms with van der Waals surface area (Å²) in [6.45, 7) is 5.27. The molecule has 8 heteroatoms. The van der Waals surface area contributed by atoms with Gasteiger partial charge in [-0.2, -0.15) is 0 Å². The monoisotopic (exact) mass is 433 g/mol. The fraction of sp³-hybridized carbons (Fsp3) is 0.429. The van der Waals surface area contributed by atoms with E-state index in [2.05, 4.69) is 27.9 Å². The number of H-pyrrole nitrogens is 1. The minimum Gasteiger partial charge on any atom is -0.382 e. The number of imidazole rings is 1. The van der Waals surface area contributed by atoms with Crippen molar-refractivity contribution >= 4 is 34.6 Å². The van der Waals surface area contributed by atoms with E-state index in [1.54, 1.807) is 30.6 Å². The van der Waals surface area contributed by atoms with Crippen LogP contribution in [0, 0.1) is 6.92 Å². The van der Waals surface area contributed by atoms with Gasteiger partial charge >= 0.3 is 0 Å². The number of thioether (sulfide) groups is 2. The van der Waals surface area contributed by atoms with Crippen molar-refractivity contribution in [3.63, 3.8) is 0 Å². The summed E-state index contributed by atoms with van der Waals surface area (Å²) < 4.78 is 15.9. The maximum atomic E-state index is 5.62. The molecule has 0 atom stereocenters. The van der Waals surface area contributed by atoms with Crippen LogP contribution in [0.4, 0.5) is 0 Å². The highest BCUT2D eigenvalue weighted by atomic mass is 32.2. The summed E-state index contributed by atoms with van der Waals surface area (Å²) >= 11 is 3.48. The smallest absolute Gasteiger partial charge is 0.166 e. The lowest BCUT2D eigenvalue weighted by atomic mass is 10.2. The number of ether oxygens (including phenoxy) is 3. The predicted octanol–water partition coefficient (Wildman–Crippen LogP) is 4.33. The van der Waals surface area contributed by atoms with Crippen LogP contribution in [0.3, 0.4) is 0 Å². The minimum atomic E-state index is 0.603. The van der Waals surface area contributed by atoms with E-state index in [4.69, 9.17) is 14.2 Å². The number of aromatic nitrogens is 3. The fourth-order valence-electron chi connectivity index (χ4n) is 2.67. The Labute approximate surface area is 180 Å². The van der Waals surface area contributed by atoms with E-state index < -0.39 is 0 Å². The topological polar surface area (TPSA) is 69.3 Å². The van der Waals surface area contributed by atoms with Crippen LogP contribution in [0.2, 0.25) is 0 Å². The van der Waals surface area contributed by atoms with Gasteiger partial charge in [0.25, 0.3) is 0 Å². The van der Waals surface area contributed by atoms with Gasteiger partial charge in [0, 0.05) is 29.7 Å². The molecule has 0 aliphatic carbocycles. The summed E-state index contributed by atoms with van der Waals surface area (Å²) in [4.78, 5) is 13.8. The van der Waals surface area contributed by atoms with Crippen LogP contribution in [0.5, 0.6) is 0 Å². The Kier molecular flexibility index (Phi) is 9.30. The third-order valence-electron chi connectivity index (χ3n) is 4.26.